The maximum absolute atomic E-state index is 12.2. The third-order valence-electron chi connectivity index (χ3n) is 3.75. The summed E-state index contributed by atoms with van der Waals surface area (Å²) < 4.78 is 0. The van der Waals surface area contributed by atoms with Gasteiger partial charge in [0, 0.05) is 23.9 Å². The number of hydrogen-bond acceptors (Lipinski definition) is 5. The molecule has 0 unspecified atom stereocenters. The smallest absolute Gasteiger partial charge is 0.261 e. The van der Waals surface area contributed by atoms with Crippen LogP contribution in [0.5, 0.6) is 0 Å². The molecule has 24 heavy (non-hydrogen) atoms. The standard InChI is InChI=1S/C17H13N3O4/c1-20-16(23)12-7-4-10(8-13(12)17(20)24)15(22)19-14(21)9-2-5-11(18)6-3-9/h2-8H,18H2,1H3,(H,19,21,22). The largest absolute Gasteiger partial charge is 0.399 e. The summed E-state index contributed by atoms with van der Waals surface area (Å²) in [6, 6.07) is 10.2. The fourth-order valence-electron chi connectivity index (χ4n) is 2.38. The van der Waals surface area contributed by atoms with Gasteiger partial charge in [0.2, 0.25) is 0 Å². The Kier molecular flexibility index (Phi) is 3.61. The molecule has 0 fully saturated rings. The van der Waals surface area contributed by atoms with Gasteiger partial charge in [0.1, 0.15) is 0 Å². The molecule has 0 atom stereocenters. The first-order valence-electron chi connectivity index (χ1n) is 7.06. The molecule has 0 spiro atoms. The summed E-state index contributed by atoms with van der Waals surface area (Å²) in [6.45, 7) is 0. The molecule has 3 rings (SSSR count). The van der Waals surface area contributed by atoms with Crippen LogP contribution in [0.3, 0.4) is 0 Å². The molecule has 1 aliphatic rings. The van der Waals surface area contributed by atoms with E-state index in [1.165, 1.54) is 37.4 Å². The second-order valence-corrected chi connectivity index (χ2v) is 5.33. The third-order valence-corrected chi connectivity index (χ3v) is 3.75. The summed E-state index contributed by atoms with van der Waals surface area (Å²) >= 11 is 0. The van der Waals surface area contributed by atoms with Crippen molar-refractivity contribution >= 4 is 29.3 Å². The van der Waals surface area contributed by atoms with Gasteiger partial charge in [0.15, 0.2) is 0 Å². The van der Waals surface area contributed by atoms with Crippen molar-refractivity contribution in [3.8, 4) is 0 Å². The molecular weight excluding hydrogens is 310 g/mol. The monoisotopic (exact) mass is 323 g/mol. The van der Waals surface area contributed by atoms with Crippen molar-refractivity contribution < 1.29 is 19.2 Å². The number of nitrogen functional groups attached to an aromatic ring is 1. The zero-order chi connectivity index (χ0) is 17.4. The molecular formula is C17H13N3O4. The summed E-state index contributed by atoms with van der Waals surface area (Å²) in [4.78, 5) is 49.0. The van der Waals surface area contributed by atoms with E-state index in [9.17, 15) is 19.2 Å². The van der Waals surface area contributed by atoms with E-state index in [2.05, 4.69) is 5.32 Å². The van der Waals surface area contributed by atoms with Crippen LogP contribution < -0.4 is 11.1 Å². The number of nitrogens with two attached hydrogens (primary N) is 1. The van der Waals surface area contributed by atoms with Crippen molar-refractivity contribution in [2.24, 2.45) is 0 Å². The number of hydrogen-bond donors (Lipinski definition) is 2. The highest BCUT2D eigenvalue weighted by atomic mass is 16.2. The van der Waals surface area contributed by atoms with Crippen LogP contribution in [0.2, 0.25) is 0 Å². The molecule has 7 nitrogen and oxygen atoms in total. The van der Waals surface area contributed by atoms with Crippen molar-refractivity contribution in [3.05, 3.63) is 64.7 Å². The molecule has 0 aliphatic carbocycles. The number of amides is 4. The number of carbonyl (C=O) groups is 4. The summed E-state index contributed by atoms with van der Waals surface area (Å²) in [5, 5.41) is 2.23. The Morgan fingerprint density at radius 3 is 2.08 bits per heavy atom. The molecule has 7 heteroatoms. The first kappa shape index (κ1) is 15.4. The number of nitrogens with zero attached hydrogens (tertiary/aromatic N) is 1. The number of imide groups is 2. The second kappa shape index (κ2) is 5.62. The van der Waals surface area contributed by atoms with E-state index in [1.54, 1.807) is 12.1 Å². The predicted molar refractivity (Wildman–Crippen MR) is 85.5 cm³/mol. The number of nitrogens with one attached hydrogen (secondary N) is 1. The van der Waals surface area contributed by atoms with Crippen molar-refractivity contribution in [1.29, 1.82) is 0 Å². The Morgan fingerprint density at radius 2 is 1.42 bits per heavy atom. The van der Waals surface area contributed by atoms with E-state index < -0.39 is 23.6 Å². The maximum Gasteiger partial charge on any atom is 0.261 e. The van der Waals surface area contributed by atoms with Crippen LogP contribution in [0.15, 0.2) is 42.5 Å². The van der Waals surface area contributed by atoms with Crippen molar-refractivity contribution in [2.75, 3.05) is 12.8 Å². The lowest BCUT2D eigenvalue weighted by Gasteiger charge is -2.05. The highest BCUT2D eigenvalue weighted by Gasteiger charge is 2.33. The molecule has 120 valence electrons. The Labute approximate surface area is 137 Å². The fraction of sp³-hybridized carbons (Fsp3) is 0.0588. The molecule has 0 radical (unpaired) electrons. The van der Waals surface area contributed by atoms with Gasteiger partial charge in [0.05, 0.1) is 11.1 Å². The van der Waals surface area contributed by atoms with Crippen molar-refractivity contribution in [3.63, 3.8) is 0 Å². The van der Waals surface area contributed by atoms with E-state index in [0.717, 1.165) is 4.90 Å². The lowest BCUT2D eigenvalue weighted by atomic mass is 10.1. The van der Waals surface area contributed by atoms with E-state index >= 15 is 0 Å². The van der Waals surface area contributed by atoms with Gasteiger partial charge in [-0.25, -0.2) is 0 Å². The average molecular weight is 323 g/mol. The lowest BCUT2D eigenvalue weighted by molar-refractivity contribution is 0.0692. The number of fused-ring (bicyclic) bond motifs is 1. The minimum Gasteiger partial charge on any atom is -0.399 e. The van der Waals surface area contributed by atoms with Gasteiger partial charge in [-0.3, -0.25) is 29.4 Å². The van der Waals surface area contributed by atoms with Crippen LogP contribution in [0, 0.1) is 0 Å². The number of benzene rings is 2. The summed E-state index contributed by atoms with van der Waals surface area (Å²) in [7, 11) is 1.37. The molecule has 1 aliphatic heterocycles. The van der Waals surface area contributed by atoms with Gasteiger partial charge in [-0.2, -0.15) is 0 Å². The topological polar surface area (TPSA) is 110 Å². The van der Waals surface area contributed by atoms with Crippen LogP contribution >= 0.6 is 0 Å². The van der Waals surface area contributed by atoms with Crippen LogP contribution in [0.1, 0.15) is 41.4 Å². The van der Waals surface area contributed by atoms with Gasteiger partial charge < -0.3 is 5.73 Å². The Morgan fingerprint density at radius 1 is 0.875 bits per heavy atom. The van der Waals surface area contributed by atoms with Gasteiger partial charge in [0.25, 0.3) is 23.6 Å². The molecule has 1 heterocycles. The van der Waals surface area contributed by atoms with E-state index in [-0.39, 0.29) is 22.3 Å². The highest BCUT2D eigenvalue weighted by Crippen LogP contribution is 2.22. The quantitative estimate of drug-likeness (QED) is 0.634. The average Bonchev–Trinajstić information content (AvgIpc) is 2.79. The Balaban J connectivity index is 1.82. The number of anilines is 1. The summed E-state index contributed by atoms with van der Waals surface area (Å²) in [5.41, 5.74) is 6.84. The second-order valence-electron chi connectivity index (χ2n) is 5.33. The van der Waals surface area contributed by atoms with E-state index in [4.69, 9.17) is 5.73 Å². The lowest BCUT2D eigenvalue weighted by Crippen LogP contribution is -2.30. The first-order chi connectivity index (χ1) is 11.4. The van der Waals surface area contributed by atoms with E-state index in [1.807, 2.05) is 0 Å². The van der Waals surface area contributed by atoms with Gasteiger partial charge in [-0.1, -0.05) is 0 Å². The minimum absolute atomic E-state index is 0.119. The van der Waals surface area contributed by atoms with Crippen LogP contribution in [-0.2, 0) is 0 Å². The van der Waals surface area contributed by atoms with Gasteiger partial charge >= 0.3 is 0 Å². The predicted octanol–water partition coefficient (Wildman–Crippen LogP) is 1.06. The molecule has 2 aromatic rings. The molecule has 0 aromatic heterocycles. The zero-order valence-corrected chi connectivity index (χ0v) is 12.7. The fourth-order valence-corrected chi connectivity index (χ4v) is 2.38. The third kappa shape index (κ3) is 2.52. The van der Waals surface area contributed by atoms with Crippen molar-refractivity contribution in [2.45, 2.75) is 0 Å². The minimum atomic E-state index is -0.658. The number of rotatable bonds is 2. The molecule has 2 aromatic carbocycles. The Hall–Kier alpha value is -3.48. The molecule has 0 bridgehead atoms. The van der Waals surface area contributed by atoms with Crippen molar-refractivity contribution in [1.82, 2.24) is 10.2 Å². The SMILES string of the molecule is CN1C(=O)c2ccc(C(=O)NC(=O)c3ccc(N)cc3)cc2C1=O. The van der Waals surface area contributed by atoms with Gasteiger partial charge in [-0.05, 0) is 42.5 Å². The maximum atomic E-state index is 12.2. The van der Waals surface area contributed by atoms with Crippen LogP contribution in [0.25, 0.3) is 0 Å². The first-order valence-corrected chi connectivity index (χ1v) is 7.06. The summed E-state index contributed by atoms with van der Waals surface area (Å²) in [6.07, 6.45) is 0. The van der Waals surface area contributed by atoms with E-state index in [0.29, 0.717) is 5.69 Å². The van der Waals surface area contributed by atoms with Crippen LogP contribution in [0.4, 0.5) is 5.69 Å². The normalized spacial score (nSPS) is 13.0. The molecule has 0 saturated heterocycles. The molecule has 0 saturated carbocycles. The Bertz CT molecular complexity index is 887. The van der Waals surface area contributed by atoms with Crippen LogP contribution in [-0.4, -0.2) is 35.6 Å². The number of carbonyl (C=O) groups excluding carboxylic acids is 4. The molecule has 3 N–H and O–H groups in total. The summed E-state index contributed by atoms with van der Waals surface area (Å²) in [5.74, 6) is -2.14. The van der Waals surface area contributed by atoms with Gasteiger partial charge in [-0.15, -0.1) is 0 Å². The molecule has 4 amide bonds. The highest BCUT2D eigenvalue weighted by molar-refractivity contribution is 6.22. The zero-order valence-electron chi connectivity index (χ0n) is 12.7.